The van der Waals surface area contributed by atoms with Crippen molar-refractivity contribution in [1.29, 1.82) is 0 Å². The van der Waals surface area contributed by atoms with Crippen LogP contribution in [-0.4, -0.2) is 36.0 Å². The summed E-state index contributed by atoms with van der Waals surface area (Å²) in [6, 6.07) is 2.38. The molecule has 0 radical (unpaired) electrons. The number of ketones is 1. The molecule has 1 aliphatic carbocycles. The average molecular weight is 321 g/mol. The fourth-order valence-corrected chi connectivity index (χ4v) is 2.66. The Bertz CT molecular complexity index is 670. The van der Waals surface area contributed by atoms with Gasteiger partial charge in [-0.25, -0.2) is 4.79 Å². The third kappa shape index (κ3) is 3.10. The summed E-state index contributed by atoms with van der Waals surface area (Å²) in [5.74, 6) is -0.573. The molecule has 0 N–H and O–H groups in total. The molecule has 1 aliphatic heterocycles. The molecule has 8 nitrogen and oxygen atoms in total. The first-order valence-corrected chi connectivity index (χ1v) is 7.38. The zero-order chi connectivity index (χ0) is 16.4. The summed E-state index contributed by atoms with van der Waals surface area (Å²) in [4.78, 5) is 34.6. The number of carbonyl (C=O) groups is 2. The second kappa shape index (κ2) is 6.23. The van der Waals surface area contributed by atoms with Crippen molar-refractivity contribution in [2.45, 2.75) is 31.8 Å². The van der Waals surface area contributed by atoms with E-state index in [0.29, 0.717) is 19.4 Å². The first kappa shape index (κ1) is 15.3. The molecule has 1 saturated carbocycles. The molecule has 1 atom stereocenters. The van der Waals surface area contributed by atoms with Crippen LogP contribution in [0.2, 0.25) is 0 Å². The third-order valence-electron chi connectivity index (χ3n) is 3.83. The summed E-state index contributed by atoms with van der Waals surface area (Å²) in [5, 5.41) is 11.2. The molecular weight excluding hydrogens is 306 g/mol. The van der Waals surface area contributed by atoms with Crippen molar-refractivity contribution in [2.24, 2.45) is 0 Å². The molecule has 1 heterocycles. The minimum Gasteiger partial charge on any atom is -0.486 e. The molecule has 1 fully saturated rings. The number of rotatable bonds is 3. The van der Waals surface area contributed by atoms with Gasteiger partial charge >= 0.3 is 5.97 Å². The molecule has 122 valence electrons. The minimum absolute atomic E-state index is 0.148. The summed E-state index contributed by atoms with van der Waals surface area (Å²) >= 11 is 0. The molecule has 8 heteroatoms. The van der Waals surface area contributed by atoms with Crippen molar-refractivity contribution in [1.82, 2.24) is 0 Å². The second-order valence-electron chi connectivity index (χ2n) is 5.38. The van der Waals surface area contributed by atoms with Gasteiger partial charge < -0.3 is 14.2 Å². The third-order valence-corrected chi connectivity index (χ3v) is 3.83. The highest BCUT2D eigenvalue weighted by Crippen LogP contribution is 2.37. The van der Waals surface area contributed by atoms with Gasteiger partial charge in [-0.05, 0) is 19.3 Å². The van der Waals surface area contributed by atoms with Crippen LogP contribution in [0.15, 0.2) is 12.1 Å². The number of nitrogens with zero attached hydrogens (tertiary/aromatic N) is 1. The number of hydrogen-bond acceptors (Lipinski definition) is 7. The van der Waals surface area contributed by atoms with Gasteiger partial charge in [0.1, 0.15) is 18.8 Å². The SMILES string of the molecule is O=C(O[C@@H]1CCCCC1=O)c1cc2c(cc1[N+](=O)[O-])OCCO2. The number of esters is 1. The Hall–Kier alpha value is -2.64. The smallest absolute Gasteiger partial charge is 0.346 e. The van der Waals surface area contributed by atoms with E-state index < -0.39 is 22.7 Å². The fraction of sp³-hybridized carbons (Fsp3) is 0.467. The molecule has 2 aliphatic rings. The van der Waals surface area contributed by atoms with Crippen LogP contribution in [0.25, 0.3) is 0 Å². The first-order chi connectivity index (χ1) is 11.1. The van der Waals surface area contributed by atoms with E-state index >= 15 is 0 Å². The van der Waals surface area contributed by atoms with E-state index in [1.54, 1.807) is 0 Å². The zero-order valence-corrected chi connectivity index (χ0v) is 12.3. The van der Waals surface area contributed by atoms with Crippen molar-refractivity contribution in [3.05, 3.63) is 27.8 Å². The van der Waals surface area contributed by atoms with Gasteiger partial charge in [-0.3, -0.25) is 14.9 Å². The fourth-order valence-electron chi connectivity index (χ4n) is 2.66. The van der Waals surface area contributed by atoms with Gasteiger partial charge in [-0.1, -0.05) is 0 Å². The van der Waals surface area contributed by atoms with Gasteiger partial charge in [-0.15, -0.1) is 0 Å². The summed E-state index contributed by atoms with van der Waals surface area (Å²) in [7, 11) is 0. The topological polar surface area (TPSA) is 105 Å². The number of nitro benzene ring substituents is 1. The van der Waals surface area contributed by atoms with E-state index in [2.05, 4.69) is 0 Å². The lowest BCUT2D eigenvalue weighted by Crippen LogP contribution is -2.30. The van der Waals surface area contributed by atoms with E-state index in [1.165, 1.54) is 6.07 Å². The van der Waals surface area contributed by atoms with Crippen molar-refractivity contribution >= 4 is 17.4 Å². The van der Waals surface area contributed by atoms with Gasteiger partial charge in [-0.2, -0.15) is 0 Å². The van der Waals surface area contributed by atoms with Crippen LogP contribution in [0.4, 0.5) is 5.69 Å². The molecule has 0 saturated heterocycles. The van der Waals surface area contributed by atoms with Gasteiger partial charge in [0.05, 0.1) is 11.0 Å². The maximum Gasteiger partial charge on any atom is 0.346 e. The Morgan fingerprint density at radius 2 is 1.91 bits per heavy atom. The highest BCUT2D eigenvalue weighted by Gasteiger charge is 2.31. The van der Waals surface area contributed by atoms with Gasteiger partial charge in [0.2, 0.25) is 0 Å². The molecule has 0 aromatic heterocycles. The van der Waals surface area contributed by atoms with Crippen molar-refractivity contribution in [3.8, 4) is 11.5 Å². The Morgan fingerprint density at radius 1 is 1.22 bits per heavy atom. The largest absolute Gasteiger partial charge is 0.486 e. The lowest BCUT2D eigenvalue weighted by Gasteiger charge is -2.21. The van der Waals surface area contributed by atoms with Crippen LogP contribution in [0.3, 0.4) is 0 Å². The maximum absolute atomic E-state index is 12.3. The van der Waals surface area contributed by atoms with Gasteiger partial charge in [0, 0.05) is 12.5 Å². The molecule has 0 spiro atoms. The Kier molecular flexibility index (Phi) is 4.14. The summed E-state index contributed by atoms with van der Waals surface area (Å²) in [5.41, 5.74) is -0.667. The molecule has 0 amide bonds. The predicted octanol–water partition coefficient (Wildman–Crippen LogP) is 2.03. The number of fused-ring (bicyclic) bond motifs is 1. The number of benzene rings is 1. The van der Waals surface area contributed by atoms with Crippen LogP contribution in [0.1, 0.15) is 36.0 Å². The number of nitro groups is 1. The lowest BCUT2D eigenvalue weighted by molar-refractivity contribution is -0.385. The summed E-state index contributed by atoms with van der Waals surface area (Å²) < 4.78 is 15.8. The van der Waals surface area contributed by atoms with Crippen LogP contribution >= 0.6 is 0 Å². The Morgan fingerprint density at radius 3 is 2.57 bits per heavy atom. The molecule has 1 aromatic rings. The highest BCUT2D eigenvalue weighted by molar-refractivity contribution is 5.97. The Labute approximate surface area is 131 Å². The predicted molar refractivity (Wildman–Crippen MR) is 76.8 cm³/mol. The molecule has 3 rings (SSSR count). The molecular formula is C15H15NO7. The monoisotopic (exact) mass is 321 g/mol. The van der Waals surface area contributed by atoms with E-state index in [-0.39, 0.29) is 29.5 Å². The van der Waals surface area contributed by atoms with E-state index in [1.807, 2.05) is 0 Å². The van der Waals surface area contributed by atoms with Crippen LogP contribution < -0.4 is 9.47 Å². The lowest BCUT2D eigenvalue weighted by atomic mass is 9.96. The van der Waals surface area contributed by atoms with Gasteiger partial charge in [0.25, 0.3) is 5.69 Å². The standard InChI is InChI=1S/C15H15NO7/c17-11-3-1-2-4-12(11)23-15(18)9-7-13-14(22-6-5-21-13)8-10(9)16(19)20/h7-8,12H,1-6H2/t12-/m1/s1. The van der Waals surface area contributed by atoms with Crippen LogP contribution in [0, 0.1) is 10.1 Å². The zero-order valence-electron chi connectivity index (χ0n) is 12.3. The quantitative estimate of drug-likeness (QED) is 0.476. The van der Waals surface area contributed by atoms with Crippen molar-refractivity contribution in [2.75, 3.05) is 13.2 Å². The highest BCUT2D eigenvalue weighted by atomic mass is 16.6. The maximum atomic E-state index is 12.3. The van der Waals surface area contributed by atoms with E-state index in [0.717, 1.165) is 18.9 Å². The van der Waals surface area contributed by atoms with E-state index in [4.69, 9.17) is 14.2 Å². The Balaban J connectivity index is 1.89. The van der Waals surface area contributed by atoms with E-state index in [9.17, 15) is 19.7 Å². The van der Waals surface area contributed by atoms with Crippen molar-refractivity contribution in [3.63, 3.8) is 0 Å². The second-order valence-corrected chi connectivity index (χ2v) is 5.38. The number of Topliss-reactive ketones (excluding diaryl/α,β-unsaturated/α-hetero) is 1. The number of hydrogen-bond donors (Lipinski definition) is 0. The first-order valence-electron chi connectivity index (χ1n) is 7.38. The van der Waals surface area contributed by atoms with Gasteiger partial charge in [0.15, 0.2) is 23.4 Å². The van der Waals surface area contributed by atoms with Crippen LogP contribution in [-0.2, 0) is 9.53 Å². The number of carbonyl (C=O) groups excluding carboxylic acids is 2. The minimum atomic E-state index is -0.895. The number of ether oxygens (including phenoxy) is 3. The molecule has 0 unspecified atom stereocenters. The van der Waals surface area contributed by atoms with Crippen LogP contribution in [0.5, 0.6) is 11.5 Å². The summed E-state index contributed by atoms with van der Waals surface area (Å²) in [6.45, 7) is 0.574. The normalized spacial score (nSPS) is 20.0. The molecule has 23 heavy (non-hydrogen) atoms. The summed E-state index contributed by atoms with van der Waals surface area (Å²) in [6.07, 6.45) is 1.54. The molecule has 0 bridgehead atoms. The average Bonchev–Trinajstić information content (AvgIpc) is 2.55. The molecule has 1 aromatic carbocycles. The van der Waals surface area contributed by atoms with Crippen molar-refractivity contribution < 1.29 is 28.7 Å².